The number of hydrogen-bond donors (Lipinski definition) is 1. The van der Waals surface area contributed by atoms with Crippen molar-refractivity contribution in [2.75, 3.05) is 7.11 Å². The van der Waals surface area contributed by atoms with Gasteiger partial charge >= 0.3 is 6.09 Å². The van der Waals surface area contributed by atoms with Gasteiger partial charge in [-0.25, -0.2) is 9.78 Å². The molecule has 0 aliphatic carbocycles. The first-order valence-electron chi connectivity index (χ1n) is 5.68. The number of aromatic nitrogens is 1. The fraction of sp³-hybridized carbons (Fsp3) is 0.583. The highest BCUT2D eigenvalue weighted by atomic mass is 32.1. The molecule has 19 heavy (non-hydrogen) atoms. The Kier molecular flexibility index (Phi) is 4.52. The molecule has 0 bridgehead atoms. The van der Waals surface area contributed by atoms with Crippen LogP contribution in [0.2, 0.25) is 0 Å². The number of nitrogens with one attached hydrogen (secondary N) is 1. The van der Waals surface area contributed by atoms with Crippen molar-refractivity contribution in [3.8, 4) is 5.19 Å². The predicted molar refractivity (Wildman–Crippen MR) is 71.5 cm³/mol. The van der Waals surface area contributed by atoms with Crippen LogP contribution in [-0.2, 0) is 15.1 Å². The van der Waals surface area contributed by atoms with Gasteiger partial charge in [0.25, 0.3) is 5.19 Å². The molecule has 0 aliphatic heterocycles. The van der Waals surface area contributed by atoms with Crippen molar-refractivity contribution in [2.24, 2.45) is 0 Å². The summed E-state index contributed by atoms with van der Waals surface area (Å²) >= 11 is 1.19. The lowest BCUT2D eigenvalue weighted by atomic mass is 10.0. The number of carbonyl (C=O) groups excluding carboxylic acids is 2. The van der Waals surface area contributed by atoms with Crippen molar-refractivity contribution in [3.05, 3.63) is 11.1 Å². The van der Waals surface area contributed by atoms with Crippen LogP contribution in [0.1, 0.15) is 32.6 Å². The Bertz CT molecular complexity index is 467. The molecular weight excluding hydrogens is 268 g/mol. The highest BCUT2D eigenvalue weighted by Gasteiger charge is 2.32. The van der Waals surface area contributed by atoms with Gasteiger partial charge in [0.15, 0.2) is 6.29 Å². The lowest BCUT2D eigenvalue weighted by Crippen LogP contribution is -2.46. The van der Waals surface area contributed by atoms with Crippen LogP contribution in [0.25, 0.3) is 0 Å². The first-order valence-corrected chi connectivity index (χ1v) is 6.49. The fourth-order valence-corrected chi connectivity index (χ4v) is 2.05. The van der Waals surface area contributed by atoms with Crippen LogP contribution >= 0.6 is 11.3 Å². The summed E-state index contributed by atoms with van der Waals surface area (Å²) in [6.07, 6.45) is 1.48. The smallest absolute Gasteiger partial charge is 0.408 e. The van der Waals surface area contributed by atoms with Crippen LogP contribution in [0.15, 0.2) is 6.20 Å². The molecule has 0 fully saturated rings. The quantitative estimate of drug-likeness (QED) is 0.858. The zero-order valence-corrected chi connectivity index (χ0v) is 12.5. The van der Waals surface area contributed by atoms with E-state index in [1.807, 2.05) is 0 Å². The molecule has 1 atom stereocenters. The summed E-state index contributed by atoms with van der Waals surface area (Å²) < 4.78 is 10.1. The monoisotopic (exact) mass is 286 g/mol. The Morgan fingerprint density at radius 3 is 2.47 bits per heavy atom. The number of ether oxygens (including phenoxy) is 2. The highest BCUT2D eigenvalue weighted by Crippen LogP contribution is 2.29. The van der Waals surface area contributed by atoms with Gasteiger partial charge in [-0.05, 0) is 27.7 Å². The maximum Gasteiger partial charge on any atom is 0.408 e. The third-order valence-corrected chi connectivity index (χ3v) is 3.36. The molecule has 1 rings (SSSR count). The van der Waals surface area contributed by atoms with Gasteiger partial charge in [0.2, 0.25) is 0 Å². The zero-order chi connectivity index (χ0) is 14.7. The van der Waals surface area contributed by atoms with E-state index in [2.05, 4.69) is 10.3 Å². The van der Waals surface area contributed by atoms with Crippen molar-refractivity contribution in [3.63, 3.8) is 0 Å². The van der Waals surface area contributed by atoms with Gasteiger partial charge in [0.1, 0.15) is 11.1 Å². The minimum atomic E-state index is -1.18. The molecule has 0 saturated carbocycles. The van der Waals surface area contributed by atoms with Gasteiger partial charge < -0.3 is 19.6 Å². The molecule has 6 nitrogen and oxygen atoms in total. The number of thiazole rings is 1. The lowest BCUT2D eigenvalue weighted by Gasteiger charge is -2.26. The zero-order valence-electron chi connectivity index (χ0n) is 11.6. The average molecular weight is 286 g/mol. The van der Waals surface area contributed by atoms with Gasteiger partial charge in [-0.15, -0.1) is 0 Å². The molecule has 0 aliphatic rings. The maximum atomic E-state index is 11.7. The number of rotatable bonds is 4. The summed E-state index contributed by atoms with van der Waals surface area (Å²) in [6.45, 7) is 6.83. The number of nitrogens with zero attached hydrogens (tertiary/aromatic N) is 1. The second-order valence-corrected chi connectivity index (χ2v) is 6.13. The number of hydrogen-bond acceptors (Lipinski definition) is 6. The van der Waals surface area contributed by atoms with Gasteiger partial charge in [0, 0.05) is 6.20 Å². The van der Waals surface area contributed by atoms with E-state index in [9.17, 15) is 9.59 Å². The Morgan fingerprint density at radius 1 is 1.42 bits per heavy atom. The maximum absolute atomic E-state index is 11.7. The summed E-state index contributed by atoms with van der Waals surface area (Å²) in [6, 6.07) is 0. The summed E-state index contributed by atoms with van der Waals surface area (Å²) in [5, 5.41) is 2.96. The Hall–Kier alpha value is -1.63. The molecule has 0 saturated heterocycles. The van der Waals surface area contributed by atoms with Crippen LogP contribution < -0.4 is 10.1 Å². The van der Waals surface area contributed by atoms with Crippen LogP contribution in [0.4, 0.5) is 4.79 Å². The van der Waals surface area contributed by atoms with Crippen molar-refractivity contribution >= 4 is 23.7 Å². The molecule has 7 heteroatoms. The molecule has 106 valence electrons. The summed E-state index contributed by atoms with van der Waals surface area (Å²) in [4.78, 5) is 27.6. The number of carbonyl (C=O) groups is 2. The average Bonchev–Trinajstić information content (AvgIpc) is 2.75. The summed E-state index contributed by atoms with van der Waals surface area (Å²) in [7, 11) is 1.49. The second-order valence-electron chi connectivity index (χ2n) is 5.14. The Labute approximate surface area is 116 Å². The van der Waals surface area contributed by atoms with E-state index in [4.69, 9.17) is 9.47 Å². The number of alkyl carbamates (subject to hydrolysis) is 1. The number of methoxy groups -OCH3 is 1. The van der Waals surface area contributed by atoms with Crippen LogP contribution in [0.5, 0.6) is 5.19 Å². The normalized spacial score (nSPS) is 14.4. The van der Waals surface area contributed by atoms with Crippen molar-refractivity contribution in [2.45, 2.75) is 38.8 Å². The molecule has 1 amide bonds. The van der Waals surface area contributed by atoms with E-state index in [0.29, 0.717) is 16.4 Å². The molecule has 1 heterocycles. The Balaban J connectivity index is 2.86. The third-order valence-electron chi connectivity index (χ3n) is 2.17. The highest BCUT2D eigenvalue weighted by molar-refractivity contribution is 7.13. The van der Waals surface area contributed by atoms with E-state index in [1.54, 1.807) is 27.7 Å². The SMILES string of the molecule is COc1ncc(C(C)(C=O)NC(=O)OC(C)(C)C)s1. The van der Waals surface area contributed by atoms with Crippen LogP contribution in [-0.4, -0.2) is 30.1 Å². The largest absolute Gasteiger partial charge is 0.473 e. The molecule has 1 aromatic rings. The van der Waals surface area contributed by atoms with Crippen LogP contribution in [0, 0.1) is 0 Å². The van der Waals surface area contributed by atoms with Crippen LogP contribution in [0.3, 0.4) is 0 Å². The van der Waals surface area contributed by atoms with Crippen molar-refractivity contribution in [1.82, 2.24) is 10.3 Å². The van der Waals surface area contributed by atoms with E-state index in [1.165, 1.54) is 24.6 Å². The number of amides is 1. The van der Waals surface area contributed by atoms with E-state index >= 15 is 0 Å². The minimum absolute atomic E-state index is 0.425. The first-order chi connectivity index (χ1) is 8.70. The standard InChI is InChI=1S/C12H18N2O4S/c1-11(2,3)18-9(16)14-12(4,7-15)8-6-13-10(17-5)19-8/h6-7H,1-5H3,(H,14,16). The van der Waals surface area contributed by atoms with E-state index in [0.717, 1.165) is 0 Å². The Morgan fingerprint density at radius 2 is 2.05 bits per heavy atom. The molecule has 1 N–H and O–H groups in total. The molecule has 0 aromatic carbocycles. The third kappa shape index (κ3) is 4.20. The molecule has 1 unspecified atom stereocenters. The van der Waals surface area contributed by atoms with Gasteiger partial charge in [0.05, 0.1) is 12.0 Å². The fourth-order valence-electron chi connectivity index (χ4n) is 1.26. The summed E-state index contributed by atoms with van der Waals surface area (Å²) in [5.41, 5.74) is -1.81. The molecule has 1 aromatic heterocycles. The van der Waals surface area contributed by atoms with Crippen molar-refractivity contribution in [1.29, 1.82) is 0 Å². The molecular formula is C12H18N2O4S. The molecule has 0 radical (unpaired) electrons. The van der Waals surface area contributed by atoms with Gasteiger partial charge in [-0.3, -0.25) is 0 Å². The van der Waals surface area contributed by atoms with Crippen molar-refractivity contribution < 1.29 is 19.1 Å². The van der Waals surface area contributed by atoms with Gasteiger partial charge in [-0.2, -0.15) is 0 Å². The molecule has 0 spiro atoms. The second kappa shape index (κ2) is 5.56. The van der Waals surface area contributed by atoms with E-state index < -0.39 is 17.2 Å². The number of aldehydes is 1. The first kappa shape index (κ1) is 15.4. The van der Waals surface area contributed by atoms with Gasteiger partial charge in [-0.1, -0.05) is 11.3 Å². The summed E-state index contributed by atoms with van der Waals surface area (Å²) in [5.74, 6) is 0. The van der Waals surface area contributed by atoms with E-state index in [-0.39, 0.29) is 0 Å². The topological polar surface area (TPSA) is 77.5 Å². The lowest BCUT2D eigenvalue weighted by molar-refractivity contribution is -0.113. The minimum Gasteiger partial charge on any atom is -0.473 e. The predicted octanol–water partition coefficient (Wildman–Crippen LogP) is 2.09.